The molecule has 0 aromatic heterocycles. The second-order valence-corrected chi connectivity index (χ2v) is 7.94. The van der Waals surface area contributed by atoms with Gasteiger partial charge >= 0.3 is 0 Å². The lowest BCUT2D eigenvalue weighted by Gasteiger charge is -2.17. The van der Waals surface area contributed by atoms with Gasteiger partial charge in [-0.15, -0.1) is 0 Å². The predicted molar refractivity (Wildman–Crippen MR) is 128 cm³/mol. The van der Waals surface area contributed by atoms with E-state index in [0.717, 1.165) is 22.4 Å². The van der Waals surface area contributed by atoms with Gasteiger partial charge in [0.1, 0.15) is 11.4 Å². The normalized spacial score (nSPS) is 13.7. The first-order chi connectivity index (χ1) is 15.4. The Hall–Kier alpha value is -3.86. The Morgan fingerprint density at radius 2 is 1.50 bits per heavy atom. The Kier molecular flexibility index (Phi) is 5.82. The molecule has 4 rings (SSSR count). The average Bonchev–Trinajstić information content (AvgIpc) is 2.98. The van der Waals surface area contributed by atoms with Gasteiger partial charge in [0, 0.05) is 5.69 Å². The first kappa shape index (κ1) is 21.4. The van der Waals surface area contributed by atoms with E-state index in [-0.39, 0.29) is 17.5 Å². The van der Waals surface area contributed by atoms with Gasteiger partial charge in [-0.05, 0) is 80.3 Å². The minimum absolute atomic E-state index is 0.271. The quantitative estimate of drug-likeness (QED) is 0.536. The molecule has 3 aromatic rings. The summed E-state index contributed by atoms with van der Waals surface area (Å²) in [7, 11) is 0. The number of aryl methyl sites for hydroxylation is 3. The van der Waals surface area contributed by atoms with Crippen molar-refractivity contribution in [1.29, 1.82) is 0 Å². The first-order valence-corrected chi connectivity index (χ1v) is 10.7. The van der Waals surface area contributed by atoms with Crippen LogP contribution in [0.1, 0.15) is 29.2 Å². The molecule has 0 unspecified atom stereocenters. The van der Waals surface area contributed by atoms with E-state index in [1.54, 1.807) is 6.07 Å². The maximum Gasteiger partial charge on any atom is 0.282 e. The molecule has 3 aromatic carbocycles. The maximum absolute atomic E-state index is 13.6. The molecule has 1 aliphatic rings. The number of rotatable bonds is 6. The van der Waals surface area contributed by atoms with Gasteiger partial charge in [-0.3, -0.25) is 9.59 Å². The standard InChI is InChI=1S/C27H26N2O3/c1-5-32-22-12-10-20(11-13-22)24-25(28-21-15-17(2)14-18(3)16-21)27(31)29(26(24)30)23-9-7-6-8-19(23)4/h6-16,28H,5H2,1-4H3. The van der Waals surface area contributed by atoms with Crippen LogP contribution in [-0.4, -0.2) is 18.4 Å². The van der Waals surface area contributed by atoms with Crippen LogP contribution in [0.4, 0.5) is 11.4 Å². The van der Waals surface area contributed by atoms with E-state index >= 15 is 0 Å². The molecule has 0 radical (unpaired) electrons. The third kappa shape index (κ3) is 4.02. The number of nitrogens with zero attached hydrogens (tertiary/aromatic N) is 1. The minimum Gasteiger partial charge on any atom is -0.494 e. The SMILES string of the molecule is CCOc1ccc(C2=C(Nc3cc(C)cc(C)c3)C(=O)N(c3ccccc3C)C2=O)cc1. The molecule has 1 aliphatic heterocycles. The third-order valence-electron chi connectivity index (χ3n) is 5.39. The van der Waals surface area contributed by atoms with Crippen LogP contribution in [0.2, 0.25) is 0 Å². The van der Waals surface area contributed by atoms with Crippen molar-refractivity contribution < 1.29 is 14.3 Å². The van der Waals surface area contributed by atoms with Crippen molar-refractivity contribution in [2.24, 2.45) is 0 Å². The molecule has 0 saturated heterocycles. The molecular formula is C27H26N2O3. The number of amides is 2. The molecule has 32 heavy (non-hydrogen) atoms. The lowest BCUT2D eigenvalue weighted by molar-refractivity contribution is -0.120. The van der Waals surface area contributed by atoms with Crippen molar-refractivity contribution in [1.82, 2.24) is 0 Å². The van der Waals surface area contributed by atoms with Gasteiger partial charge in [0.25, 0.3) is 11.8 Å². The lowest BCUT2D eigenvalue weighted by Crippen LogP contribution is -2.33. The fourth-order valence-corrected chi connectivity index (χ4v) is 4.02. The summed E-state index contributed by atoms with van der Waals surface area (Å²) in [5, 5.41) is 3.25. The molecule has 0 bridgehead atoms. The molecule has 5 heteroatoms. The Morgan fingerprint density at radius 3 is 2.12 bits per heavy atom. The number of carbonyl (C=O) groups excluding carboxylic acids is 2. The molecule has 1 heterocycles. The van der Waals surface area contributed by atoms with E-state index < -0.39 is 0 Å². The van der Waals surface area contributed by atoms with Crippen molar-refractivity contribution in [2.75, 3.05) is 16.8 Å². The Morgan fingerprint density at radius 1 is 0.844 bits per heavy atom. The largest absolute Gasteiger partial charge is 0.494 e. The van der Waals surface area contributed by atoms with Crippen LogP contribution >= 0.6 is 0 Å². The van der Waals surface area contributed by atoms with E-state index in [4.69, 9.17) is 4.74 Å². The summed E-state index contributed by atoms with van der Waals surface area (Å²) >= 11 is 0. The highest BCUT2D eigenvalue weighted by molar-refractivity contribution is 6.46. The van der Waals surface area contributed by atoms with Crippen LogP contribution in [0.5, 0.6) is 5.75 Å². The zero-order chi connectivity index (χ0) is 22.8. The van der Waals surface area contributed by atoms with Crippen molar-refractivity contribution in [2.45, 2.75) is 27.7 Å². The van der Waals surface area contributed by atoms with Gasteiger partial charge in [0.15, 0.2) is 0 Å². The molecule has 5 nitrogen and oxygen atoms in total. The van der Waals surface area contributed by atoms with Crippen LogP contribution < -0.4 is 15.0 Å². The lowest BCUT2D eigenvalue weighted by atomic mass is 10.0. The zero-order valence-electron chi connectivity index (χ0n) is 18.7. The van der Waals surface area contributed by atoms with E-state index in [9.17, 15) is 9.59 Å². The van der Waals surface area contributed by atoms with Crippen molar-refractivity contribution in [3.05, 3.63) is 94.7 Å². The van der Waals surface area contributed by atoms with Crippen LogP contribution in [-0.2, 0) is 9.59 Å². The van der Waals surface area contributed by atoms with E-state index in [2.05, 4.69) is 11.4 Å². The summed E-state index contributed by atoms with van der Waals surface area (Å²) in [5.41, 5.74) is 5.64. The number of hydrogen-bond donors (Lipinski definition) is 1. The average molecular weight is 427 g/mol. The van der Waals surface area contributed by atoms with E-state index in [1.165, 1.54) is 4.90 Å². The second kappa shape index (κ2) is 8.71. The van der Waals surface area contributed by atoms with Crippen molar-refractivity contribution >= 4 is 28.8 Å². The molecule has 1 N–H and O–H groups in total. The summed E-state index contributed by atoms with van der Waals surface area (Å²) in [4.78, 5) is 28.4. The second-order valence-electron chi connectivity index (χ2n) is 7.94. The predicted octanol–water partition coefficient (Wildman–Crippen LogP) is 5.41. The topological polar surface area (TPSA) is 58.6 Å². The molecule has 0 spiro atoms. The molecule has 0 fully saturated rings. The van der Waals surface area contributed by atoms with Crippen molar-refractivity contribution in [3.63, 3.8) is 0 Å². The Balaban J connectivity index is 1.82. The summed E-state index contributed by atoms with van der Waals surface area (Å²) in [5.74, 6) is 0.000814. The van der Waals surface area contributed by atoms with Gasteiger partial charge in [0.05, 0.1) is 17.9 Å². The number of imide groups is 1. The van der Waals surface area contributed by atoms with E-state index in [0.29, 0.717) is 29.2 Å². The number of carbonyl (C=O) groups is 2. The maximum atomic E-state index is 13.6. The van der Waals surface area contributed by atoms with Gasteiger partial charge in [0.2, 0.25) is 0 Å². The molecular weight excluding hydrogens is 400 g/mol. The summed E-state index contributed by atoms with van der Waals surface area (Å²) < 4.78 is 5.53. The van der Waals surface area contributed by atoms with Crippen LogP contribution in [0.15, 0.2) is 72.4 Å². The van der Waals surface area contributed by atoms with Gasteiger partial charge < -0.3 is 10.1 Å². The number of anilines is 2. The molecule has 162 valence electrons. The molecule has 2 amide bonds. The highest BCUT2D eigenvalue weighted by Crippen LogP contribution is 2.35. The molecule has 0 aliphatic carbocycles. The molecule has 0 saturated carbocycles. The number of nitrogens with one attached hydrogen (secondary N) is 1. The number of benzene rings is 3. The number of ether oxygens (including phenoxy) is 1. The van der Waals surface area contributed by atoms with E-state index in [1.807, 2.05) is 82.3 Å². The van der Waals surface area contributed by atoms with Crippen LogP contribution in [0.25, 0.3) is 5.57 Å². The van der Waals surface area contributed by atoms with Crippen LogP contribution in [0.3, 0.4) is 0 Å². The Bertz CT molecular complexity index is 1210. The fraction of sp³-hybridized carbons (Fsp3) is 0.185. The van der Waals surface area contributed by atoms with Gasteiger partial charge in [-0.2, -0.15) is 0 Å². The minimum atomic E-state index is -0.368. The third-order valence-corrected chi connectivity index (χ3v) is 5.39. The first-order valence-electron chi connectivity index (χ1n) is 10.7. The van der Waals surface area contributed by atoms with Crippen LogP contribution in [0, 0.1) is 20.8 Å². The summed E-state index contributed by atoms with van der Waals surface area (Å²) in [6, 6.07) is 20.6. The summed E-state index contributed by atoms with van der Waals surface area (Å²) in [6.07, 6.45) is 0. The Labute approximate surface area is 188 Å². The smallest absolute Gasteiger partial charge is 0.282 e. The van der Waals surface area contributed by atoms with Gasteiger partial charge in [-0.1, -0.05) is 36.4 Å². The van der Waals surface area contributed by atoms with Gasteiger partial charge in [-0.25, -0.2) is 4.90 Å². The highest BCUT2D eigenvalue weighted by atomic mass is 16.5. The van der Waals surface area contributed by atoms with Crippen molar-refractivity contribution in [3.8, 4) is 5.75 Å². The highest BCUT2D eigenvalue weighted by Gasteiger charge is 2.40. The number of para-hydroxylation sites is 1. The monoisotopic (exact) mass is 426 g/mol. The number of hydrogen-bond acceptors (Lipinski definition) is 4. The zero-order valence-corrected chi connectivity index (χ0v) is 18.7. The summed E-state index contributed by atoms with van der Waals surface area (Å²) in [6.45, 7) is 8.37. The molecule has 0 atom stereocenters. The fourth-order valence-electron chi connectivity index (χ4n) is 4.02.